The maximum Gasteiger partial charge on any atom is 0.332 e. The van der Waals surface area contributed by atoms with Crippen LogP contribution in [0.5, 0.6) is 0 Å². The first-order valence-corrected chi connectivity index (χ1v) is 9.41. The van der Waals surface area contributed by atoms with E-state index in [1.54, 1.807) is 30.3 Å². The molecule has 1 rings (SSSR count). The number of nitrogens with two attached hydrogens (primary N) is 1. The number of hydrogen-bond donors (Lipinski definition) is 6. The molecule has 12 nitrogen and oxygen atoms in total. The minimum absolute atomic E-state index is 0.157. The molecule has 0 radical (unpaired) electrons. The van der Waals surface area contributed by atoms with Gasteiger partial charge in [0.25, 0.3) is 0 Å². The molecule has 31 heavy (non-hydrogen) atoms. The standard InChI is InChI=1S/C19H27N5O7/c1-12(19(29)30)31-11-23-16(26)9-22-18(28)14(7-13-5-3-2-4-6-13)24-17(27)10-21-15(25)8-20/h2-6,12,14H,7-11,20H2,1H3,(H,21,25)(H,22,28)(H,23,26)(H,24,27)(H,29,30). The molecule has 0 spiro atoms. The van der Waals surface area contributed by atoms with E-state index in [-0.39, 0.29) is 26.2 Å². The summed E-state index contributed by atoms with van der Waals surface area (Å²) in [6.07, 6.45) is -0.940. The summed E-state index contributed by atoms with van der Waals surface area (Å²) >= 11 is 0. The molecule has 4 amide bonds. The van der Waals surface area contributed by atoms with Crippen molar-refractivity contribution < 1.29 is 33.8 Å². The van der Waals surface area contributed by atoms with Crippen LogP contribution in [0.4, 0.5) is 0 Å². The van der Waals surface area contributed by atoms with Gasteiger partial charge >= 0.3 is 5.97 Å². The molecule has 2 atom stereocenters. The number of carboxylic acids is 1. The molecule has 12 heteroatoms. The van der Waals surface area contributed by atoms with Crippen LogP contribution in [0.1, 0.15) is 12.5 Å². The van der Waals surface area contributed by atoms with E-state index in [1.165, 1.54) is 6.92 Å². The highest BCUT2D eigenvalue weighted by atomic mass is 16.5. The average Bonchev–Trinajstić information content (AvgIpc) is 2.75. The van der Waals surface area contributed by atoms with Gasteiger partial charge in [-0.05, 0) is 12.5 Å². The number of benzene rings is 1. The Bertz CT molecular complexity index is 772. The number of rotatable bonds is 13. The van der Waals surface area contributed by atoms with Crippen LogP contribution in [0.2, 0.25) is 0 Å². The topological polar surface area (TPSA) is 189 Å². The summed E-state index contributed by atoms with van der Waals surface area (Å²) < 4.78 is 4.87. The summed E-state index contributed by atoms with van der Waals surface area (Å²) in [5.41, 5.74) is 5.93. The van der Waals surface area contributed by atoms with Crippen LogP contribution in [0.3, 0.4) is 0 Å². The van der Waals surface area contributed by atoms with Gasteiger partial charge in [-0.25, -0.2) is 4.79 Å². The maximum atomic E-state index is 12.5. The third-order valence-corrected chi connectivity index (χ3v) is 3.94. The molecule has 0 aliphatic rings. The summed E-state index contributed by atoms with van der Waals surface area (Å²) in [6, 6.07) is 7.91. The Morgan fingerprint density at radius 3 is 2.23 bits per heavy atom. The average molecular weight is 437 g/mol. The summed E-state index contributed by atoms with van der Waals surface area (Å²) in [6.45, 7) is -0.0650. The largest absolute Gasteiger partial charge is 0.479 e. The second-order valence-corrected chi connectivity index (χ2v) is 6.40. The van der Waals surface area contributed by atoms with E-state index >= 15 is 0 Å². The molecule has 1 aromatic carbocycles. The number of carbonyl (C=O) groups is 5. The predicted molar refractivity (Wildman–Crippen MR) is 108 cm³/mol. The quantitative estimate of drug-likeness (QED) is 0.182. The molecule has 0 fully saturated rings. The summed E-state index contributed by atoms with van der Waals surface area (Å²) in [7, 11) is 0. The third kappa shape index (κ3) is 10.7. The van der Waals surface area contributed by atoms with Gasteiger partial charge in [-0.3, -0.25) is 19.2 Å². The molecule has 2 unspecified atom stereocenters. The molecule has 0 aliphatic carbocycles. The van der Waals surface area contributed by atoms with Crippen LogP contribution in [0.25, 0.3) is 0 Å². The summed E-state index contributed by atoms with van der Waals surface area (Å²) in [5, 5.41) is 18.2. The Morgan fingerprint density at radius 1 is 0.968 bits per heavy atom. The van der Waals surface area contributed by atoms with E-state index < -0.39 is 48.3 Å². The Balaban J connectivity index is 2.60. The monoisotopic (exact) mass is 437 g/mol. The molecule has 0 saturated carbocycles. The van der Waals surface area contributed by atoms with Crippen LogP contribution in [-0.4, -0.2) is 73.2 Å². The van der Waals surface area contributed by atoms with Crippen molar-refractivity contribution in [3.8, 4) is 0 Å². The fraction of sp³-hybridized carbons (Fsp3) is 0.421. The van der Waals surface area contributed by atoms with Crippen LogP contribution < -0.4 is 27.0 Å². The van der Waals surface area contributed by atoms with E-state index in [2.05, 4.69) is 21.3 Å². The van der Waals surface area contributed by atoms with E-state index in [1.807, 2.05) is 0 Å². The van der Waals surface area contributed by atoms with Gasteiger partial charge in [-0.2, -0.15) is 0 Å². The van der Waals surface area contributed by atoms with Crippen molar-refractivity contribution >= 4 is 29.6 Å². The molecule has 0 bridgehead atoms. The SMILES string of the molecule is CC(OCNC(=O)CNC(=O)C(Cc1ccccc1)NC(=O)CNC(=O)CN)C(=O)O. The summed E-state index contributed by atoms with van der Waals surface area (Å²) in [5.74, 6) is -3.51. The van der Waals surface area contributed by atoms with Crippen molar-refractivity contribution in [2.24, 2.45) is 5.73 Å². The summed E-state index contributed by atoms with van der Waals surface area (Å²) in [4.78, 5) is 58.3. The van der Waals surface area contributed by atoms with Crippen LogP contribution in [0, 0.1) is 0 Å². The molecule has 0 saturated heterocycles. The molecule has 1 aromatic rings. The highest BCUT2D eigenvalue weighted by Crippen LogP contribution is 2.03. The number of aliphatic carboxylic acids is 1. The first kappa shape index (κ1) is 25.5. The lowest BCUT2D eigenvalue weighted by Gasteiger charge is -2.19. The van der Waals surface area contributed by atoms with Crippen LogP contribution in [0.15, 0.2) is 30.3 Å². The third-order valence-electron chi connectivity index (χ3n) is 3.94. The highest BCUT2D eigenvalue weighted by molar-refractivity contribution is 5.92. The van der Waals surface area contributed by atoms with Crippen molar-refractivity contribution in [2.75, 3.05) is 26.4 Å². The Hall–Kier alpha value is -3.51. The minimum Gasteiger partial charge on any atom is -0.479 e. The van der Waals surface area contributed by atoms with Gasteiger partial charge in [0.15, 0.2) is 6.10 Å². The van der Waals surface area contributed by atoms with Crippen molar-refractivity contribution in [1.29, 1.82) is 0 Å². The van der Waals surface area contributed by atoms with Gasteiger partial charge in [-0.15, -0.1) is 0 Å². The lowest BCUT2D eigenvalue weighted by molar-refractivity contribution is -0.150. The first-order chi connectivity index (χ1) is 14.7. The van der Waals surface area contributed by atoms with Crippen LogP contribution in [-0.2, 0) is 35.1 Å². The molecule has 7 N–H and O–H groups in total. The smallest absolute Gasteiger partial charge is 0.332 e. The maximum absolute atomic E-state index is 12.5. The van der Waals surface area contributed by atoms with Gasteiger partial charge in [0.1, 0.15) is 12.8 Å². The second kappa shape index (κ2) is 13.7. The molecule has 170 valence electrons. The van der Waals surface area contributed by atoms with Gasteiger partial charge in [0.2, 0.25) is 23.6 Å². The van der Waals surface area contributed by atoms with Crippen molar-refractivity contribution in [1.82, 2.24) is 21.3 Å². The molecule has 0 aliphatic heterocycles. The number of ether oxygens (including phenoxy) is 1. The van der Waals surface area contributed by atoms with Crippen molar-refractivity contribution in [3.05, 3.63) is 35.9 Å². The number of amides is 4. The van der Waals surface area contributed by atoms with Crippen molar-refractivity contribution in [2.45, 2.75) is 25.5 Å². The molecule has 0 heterocycles. The lowest BCUT2D eigenvalue weighted by Crippen LogP contribution is -2.52. The fourth-order valence-corrected chi connectivity index (χ4v) is 2.23. The van der Waals surface area contributed by atoms with Gasteiger partial charge in [-0.1, -0.05) is 30.3 Å². The second-order valence-electron chi connectivity index (χ2n) is 6.40. The zero-order valence-corrected chi connectivity index (χ0v) is 17.1. The number of carbonyl (C=O) groups excluding carboxylic acids is 4. The van der Waals surface area contributed by atoms with E-state index in [0.29, 0.717) is 0 Å². The fourth-order valence-electron chi connectivity index (χ4n) is 2.23. The predicted octanol–water partition coefficient (Wildman–Crippen LogP) is -2.53. The number of hydrogen-bond acceptors (Lipinski definition) is 7. The van der Waals surface area contributed by atoms with Gasteiger partial charge < -0.3 is 36.8 Å². The molecule has 0 aromatic heterocycles. The first-order valence-electron chi connectivity index (χ1n) is 9.41. The zero-order valence-electron chi connectivity index (χ0n) is 17.1. The van der Waals surface area contributed by atoms with Crippen molar-refractivity contribution in [3.63, 3.8) is 0 Å². The normalized spacial score (nSPS) is 12.2. The van der Waals surface area contributed by atoms with Gasteiger partial charge in [0.05, 0.1) is 19.6 Å². The van der Waals surface area contributed by atoms with E-state index in [9.17, 15) is 24.0 Å². The molecular formula is C19H27N5O7. The Morgan fingerprint density at radius 2 is 1.61 bits per heavy atom. The Kier molecular flexibility index (Phi) is 11.3. The van der Waals surface area contributed by atoms with E-state index in [0.717, 1.165) is 5.56 Å². The highest BCUT2D eigenvalue weighted by Gasteiger charge is 2.22. The molecular weight excluding hydrogens is 410 g/mol. The number of nitrogens with one attached hydrogen (secondary N) is 4. The lowest BCUT2D eigenvalue weighted by atomic mass is 10.1. The number of carboxylic acid groups (broad SMARTS) is 1. The van der Waals surface area contributed by atoms with Crippen LogP contribution >= 0.6 is 0 Å². The van der Waals surface area contributed by atoms with E-state index in [4.69, 9.17) is 15.6 Å². The Labute approximate surface area is 178 Å². The van der Waals surface area contributed by atoms with Gasteiger partial charge in [0, 0.05) is 6.42 Å². The zero-order chi connectivity index (χ0) is 23.2. The minimum atomic E-state index is -1.18.